The first-order valence-electron chi connectivity index (χ1n) is 9.70. The molecule has 6 heteroatoms. The Morgan fingerprint density at radius 3 is 2.73 bits per heavy atom. The van der Waals surface area contributed by atoms with Crippen LogP contribution in [0.5, 0.6) is 0 Å². The molecule has 1 aromatic heterocycles. The molecule has 1 fully saturated rings. The number of rotatable bonds is 6. The molecule has 26 heavy (non-hydrogen) atoms. The van der Waals surface area contributed by atoms with Crippen molar-refractivity contribution in [1.29, 1.82) is 0 Å². The average Bonchev–Trinajstić information content (AvgIpc) is 2.93. The zero-order chi connectivity index (χ0) is 18.5. The van der Waals surface area contributed by atoms with Gasteiger partial charge in [0.25, 0.3) is 0 Å². The van der Waals surface area contributed by atoms with E-state index < -0.39 is 0 Å². The lowest BCUT2D eigenvalue weighted by atomic mass is 10.0. The van der Waals surface area contributed by atoms with Crippen LogP contribution < -0.4 is 10.6 Å². The fraction of sp³-hybridized carbons (Fsp3) is 0.600. The number of nitrogens with one attached hydrogen (secondary N) is 2. The number of aromatic nitrogens is 2. The Bertz CT molecular complexity index is 731. The van der Waals surface area contributed by atoms with Gasteiger partial charge in [0, 0.05) is 51.1 Å². The maximum Gasteiger partial charge on any atom is 0.315 e. The largest absolute Gasteiger partial charge is 0.338 e. The summed E-state index contributed by atoms with van der Waals surface area (Å²) < 4.78 is 1.90. The third kappa shape index (κ3) is 4.75. The molecule has 2 aromatic rings. The number of urea groups is 1. The Hall–Kier alpha value is -2.08. The maximum atomic E-state index is 12.2. The number of benzene rings is 1. The molecule has 3 rings (SSSR count). The van der Waals surface area contributed by atoms with Crippen LogP contribution in [-0.4, -0.2) is 52.9 Å². The quantitative estimate of drug-likeness (QED) is 0.835. The minimum atomic E-state index is -0.0625. The van der Waals surface area contributed by atoms with E-state index in [2.05, 4.69) is 46.6 Å². The second-order valence-corrected chi connectivity index (χ2v) is 7.71. The molecule has 142 valence electrons. The zero-order valence-electron chi connectivity index (χ0n) is 16.2. The molecule has 0 unspecified atom stereocenters. The molecule has 0 atom stereocenters. The molecule has 1 aliphatic rings. The lowest BCUT2D eigenvalue weighted by molar-refractivity contribution is 0.178. The van der Waals surface area contributed by atoms with E-state index in [1.54, 1.807) is 0 Å². The standard InChI is InChI=1S/C20H31N5O/c1-15(2)14-25-12-9-16(10-13-25)22-20(26)21-11-8-18-17-6-4-5-7-19(17)24(3)23-18/h4-7,15-16H,8-14H2,1-3H3,(H2,21,22,26). The number of para-hydroxylation sites is 1. The normalized spacial score (nSPS) is 16.3. The summed E-state index contributed by atoms with van der Waals surface area (Å²) in [6.07, 6.45) is 2.80. The van der Waals surface area contributed by atoms with E-state index in [4.69, 9.17) is 0 Å². The molecule has 1 aromatic carbocycles. The van der Waals surface area contributed by atoms with E-state index in [1.165, 1.54) is 0 Å². The molecule has 2 heterocycles. The summed E-state index contributed by atoms with van der Waals surface area (Å²) in [6, 6.07) is 8.42. The number of fused-ring (bicyclic) bond motifs is 1. The van der Waals surface area contributed by atoms with E-state index in [1.807, 2.05) is 23.9 Å². The predicted octanol–water partition coefficient (Wildman–Crippen LogP) is 2.54. The van der Waals surface area contributed by atoms with Gasteiger partial charge >= 0.3 is 6.03 Å². The number of carbonyl (C=O) groups is 1. The fourth-order valence-corrected chi connectivity index (χ4v) is 3.78. The Kier molecular flexibility index (Phi) is 6.14. The minimum absolute atomic E-state index is 0.0625. The van der Waals surface area contributed by atoms with Gasteiger partial charge in [0.15, 0.2) is 0 Å². The van der Waals surface area contributed by atoms with Crippen molar-refractivity contribution in [2.24, 2.45) is 13.0 Å². The molecule has 2 amide bonds. The molecule has 2 N–H and O–H groups in total. The first-order chi connectivity index (χ1) is 12.5. The Labute approximate surface area is 155 Å². The summed E-state index contributed by atoms with van der Waals surface area (Å²) in [4.78, 5) is 14.7. The molecule has 1 saturated heterocycles. The highest BCUT2D eigenvalue weighted by Gasteiger charge is 2.20. The Morgan fingerprint density at radius 2 is 2.00 bits per heavy atom. The molecule has 0 spiro atoms. The molecule has 0 saturated carbocycles. The maximum absolute atomic E-state index is 12.2. The van der Waals surface area contributed by atoms with Crippen LogP contribution in [0.3, 0.4) is 0 Å². The first-order valence-corrected chi connectivity index (χ1v) is 9.70. The van der Waals surface area contributed by atoms with Gasteiger partial charge in [0.05, 0.1) is 11.2 Å². The van der Waals surface area contributed by atoms with Crippen molar-refractivity contribution >= 4 is 16.9 Å². The van der Waals surface area contributed by atoms with Crippen molar-refractivity contribution in [2.45, 2.75) is 39.2 Å². The fourth-order valence-electron chi connectivity index (χ4n) is 3.78. The van der Waals surface area contributed by atoms with Gasteiger partial charge in [-0.1, -0.05) is 32.0 Å². The van der Waals surface area contributed by atoms with E-state index in [0.717, 1.165) is 55.5 Å². The van der Waals surface area contributed by atoms with Gasteiger partial charge in [-0.15, -0.1) is 0 Å². The summed E-state index contributed by atoms with van der Waals surface area (Å²) in [6.45, 7) is 8.40. The number of aryl methyl sites for hydroxylation is 1. The smallest absolute Gasteiger partial charge is 0.315 e. The zero-order valence-corrected chi connectivity index (χ0v) is 16.2. The van der Waals surface area contributed by atoms with Crippen LogP contribution in [0.25, 0.3) is 10.9 Å². The van der Waals surface area contributed by atoms with Gasteiger partial charge in [0.2, 0.25) is 0 Å². The number of nitrogens with zero attached hydrogens (tertiary/aromatic N) is 3. The summed E-state index contributed by atoms with van der Waals surface area (Å²) >= 11 is 0. The van der Waals surface area contributed by atoms with Crippen molar-refractivity contribution < 1.29 is 4.79 Å². The van der Waals surface area contributed by atoms with E-state index >= 15 is 0 Å². The molecule has 0 radical (unpaired) electrons. The van der Waals surface area contributed by atoms with Gasteiger partial charge in [-0.25, -0.2) is 4.79 Å². The SMILES string of the molecule is CC(C)CN1CCC(NC(=O)NCCc2nn(C)c3ccccc23)CC1. The van der Waals surface area contributed by atoms with Crippen LogP contribution in [0, 0.1) is 5.92 Å². The van der Waals surface area contributed by atoms with Crippen LogP contribution in [-0.2, 0) is 13.5 Å². The van der Waals surface area contributed by atoms with Crippen LogP contribution in [0.2, 0.25) is 0 Å². The van der Waals surface area contributed by atoms with Crippen molar-refractivity contribution in [3.63, 3.8) is 0 Å². The summed E-state index contributed by atoms with van der Waals surface area (Å²) in [5.74, 6) is 0.700. The van der Waals surface area contributed by atoms with E-state index in [9.17, 15) is 4.79 Å². The number of carbonyl (C=O) groups excluding carboxylic acids is 1. The van der Waals surface area contributed by atoms with Crippen molar-refractivity contribution in [3.05, 3.63) is 30.0 Å². The lowest BCUT2D eigenvalue weighted by Gasteiger charge is -2.33. The third-order valence-corrected chi connectivity index (χ3v) is 5.03. The summed E-state index contributed by atoms with van der Waals surface area (Å²) in [5, 5.41) is 11.8. The van der Waals surface area contributed by atoms with Crippen molar-refractivity contribution in [3.8, 4) is 0 Å². The minimum Gasteiger partial charge on any atom is -0.338 e. The summed E-state index contributed by atoms with van der Waals surface area (Å²) in [7, 11) is 1.96. The van der Waals surface area contributed by atoms with Crippen molar-refractivity contribution in [1.82, 2.24) is 25.3 Å². The van der Waals surface area contributed by atoms with Crippen molar-refractivity contribution in [2.75, 3.05) is 26.2 Å². The highest BCUT2D eigenvalue weighted by atomic mass is 16.2. The molecule has 0 bridgehead atoms. The highest BCUT2D eigenvalue weighted by Crippen LogP contribution is 2.17. The molecule has 0 aliphatic carbocycles. The van der Waals surface area contributed by atoms with Crippen LogP contribution in [0.15, 0.2) is 24.3 Å². The van der Waals surface area contributed by atoms with Crippen LogP contribution in [0.1, 0.15) is 32.4 Å². The number of amides is 2. The molecule has 6 nitrogen and oxygen atoms in total. The second-order valence-electron chi connectivity index (χ2n) is 7.71. The first kappa shape index (κ1) is 18.7. The number of hydrogen-bond donors (Lipinski definition) is 2. The number of likely N-dealkylation sites (tertiary alicyclic amines) is 1. The van der Waals surface area contributed by atoms with Gasteiger partial charge in [-0.3, -0.25) is 4.68 Å². The predicted molar refractivity (Wildman–Crippen MR) is 105 cm³/mol. The van der Waals surface area contributed by atoms with Gasteiger partial charge < -0.3 is 15.5 Å². The third-order valence-electron chi connectivity index (χ3n) is 5.03. The van der Waals surface area contributed by atoms with E-state index in [-0.39, 0.29) is 12.1 Å². The molecular weight excluding hydrogens is 326 g/mol. The average molecular weight is 358 g/mol. The topological polar surface area (TPSA) is 62.2 Å². The van der Waals surface area contributed by atoms with Crippen LogP contribution in [0.4, 0.5) is 4.79 Å². The molecular formula is C20H31N5O. The van der Waals surface area contributed by atoms with E-state index in [0.29, 0.717) is 12.5 Å². The second kappa shape index (κ2) is 8.54. The van der Waals surface area contributed by atoms with Gasteiger partial charge in [0.1, 0.15) is 0 Å². The number of piperidine rings is 1. The van der Waals surface area contributed by atoms with Crippen LogP contribution >= 0.6 is 0 Å². The lowest BCUT2D eigenvalue weighted by Crippen LogP contribution is -2.48. The monoisotopic (exact) mass is 357 g/mol. The number of hydrogen-bond acceptors (Lipinski definition) is 3. The molecule has 1 aliphatic heterocycles. The van der Waals surface area contributed by atoms with Gasteiger partial charge in [-0.05, 0) is 24.8 Å². The van der Waals surface area contributed by atoms with Gasteiger partial charge in [-0.2, -0.15) is 5.10 Å². The Morgan fingerprint density at radius 1 is 1.27 bits per heavy atom. The summed E-state index contributed by atoms with van der Waals surface area (Å²) in [5.41, 5.74) is 2.16. The highest BCUT2D eigenvalue weighted by molar-refractivity contribution is 5.82. The Balaban J connectivity index is 1.41.